The van der Waals surface area contributed by atoms with Gasteiger partial charge in [-0.3, -0.25) is 19.7 Å². The van der Waals surface area contributed by atoms with Gasteiger partial charge in [0.2, 0.25) is 0 Å². The number of phenols is 1. The van der Waals surface area contributed by atoms with E-state index in [1.807, 2.05) is 48.5 Å². The number of amides is 2. The van der Waals surface area contributed by atoms with Crippen LogP contribution >= 0.6 is 0 Å². The molecule has 0 saturated heterocycles. The molecule has 50 heavy (non-hydrogen) atoms. The first kappa shape index (κ1) is 28.0. The van der Waals surface area contributed by atoms with E-state index in [0.717, 1.165) is 37.7 Å². The molecule has 10 rings (SSSR count). The molecule has 7 aromatic rings. The van der Waals surface area contributed by atoms with E-state index >= 15 is 0 Å². The van der Waals surface area contributed by atoms with Crippen molar-refractivity contribution in [3.63, 3.8) is 0 Å². The number of imide groups is 1. The first-order valence-electron chi connectivity index (χ1n) is 15.9. The summed E-state index contributed by atoms with van der Waals surface area (Å²) in [6.45, 7) is 0. The molecule has 3 aliphatic rings. The molecule has 7 aromatic carbocycles. The highest BCUT2D eigenvalue weighted by atomic mass is 16.4. The summed E-state index contributed by atoms with van der Waals surface area (Å²) >= 11 is 0. The van der Waals surface area contributed by atoms with Crippen LogP contribution in [0, 0.1) is 0 Å². The maximum absolute atomic E-state index is 13.4. The lowest BCUT2D eigenvalue weighted by atomic mass is 9.82. The number of aromatic carboxylic acids is 1. The Bertz CT molecular complexity index is 3000. The van der Waals surface area contributed by atoms with Gasteiger partial charge in [-0.15, -0.1) is 0 Å². The van der Waals surface area contributed by atoms with Crippen LogP contribution in [-0.4, -0.2) is 28.0 Å². The summed E-state index contributed by atoms with van der Waals surface area (Å²) in [4.78, 5) is 51.4. The smallest absolute Gasteiger partial charge is 0.336 e. The molecule has 0 fully saturated rings. The minimum atomic E-state index is -1.13. The van der Waals surface area contributed by atoms with E-state index in [1.165, 1.54) is 24.3 Å². The van der Waals surface area contributed by atoms with Gasteiger partial charge in [0, 0.05) is 45.2 Å². The Labute approximate surface area is 281 Å². The number of phenolic OH excluding ortho intramolecular Hbond substituents is 1. The standard InChI is InChI=1S/C42H21NO7/c44-19-7-9-28-33(17-19)50-34-18-20(45)8-10-29(34)36(28)30-6-2-4-23(39(30)42(48)49)21-11-12-25-27-14-16-32-38-31(40(46)43-41(32)47)15-13-26(37(27)38)24-5-1-3-22(21)35(24)25/h1-18,44H,(H,48,49)(H,43,46,47). The van der Waals surface area contributed by atoms with Crippen LogP contribution in [0.25, 0.3) is 87.6 Å². The molecule has 8 heteroatoms. The third-order valence-electron chi connectivity index (χ3n) is 10.0. The number of carboxylic acid groups (broad SMARTS) is 1. The van der Waals surface area contributed by atoms with Crippen molar-refractivity contribution < 1.29 is 29.0 Å². The Morgan fingerprint density at radius 3 is 1.88 bits per heavy atom. The molecule has 0 spiro atoms. The predicted molar refractivity (Wildman–Crippen MR) is 192 cm³/mol. The summed E-state index contributed by atoms with van der Waals surface area (Å²) in [5, 5.41) is 31.0. The molecule has 8 nitrogen and oxygen atoms in total. The zero-order valence-electron chi connectivity index (χ0n) is 25.8. The number of carbonyl (C=O) groups excluding carboxylic acids is 2. The fourth-order valence-corrected chi connectivity index (χ4v) is 8.02. The molecule has 1 aliphatic carbocycles. The summed E-state index contributed by atoms with van der Waals surface area (Å²) < 4.78 is 6.03. The summed E-state index contributed by atoms with van der Waals surface area (Å²) in [5.41, 5.74) is 3.77. The second kappa shape index (κ2) is 9.74. The topological polar surface area (TPSA) is 134 Å². The van der Waals surface area contributed by atoms with Gasteiger partial charge in [-0.05, 0) is 90.8 Å². The van der Waals surface area contributed by atoms with Crippen molar-refractivity contribution in [1.29, 1.82) is 0 Å². The number of carboxylic acids is 1. The molecule has 2 amide bonds. The average molecular weight is 652 g/mol. The average Bonchev–Trinajstić information content (AvgIpc) is 3.11. The highest BCUT2D eigenvalue weighted by Crippen LogP contribution is 2.48. The quantitative estimate of drug-likeness (QED) is 0.0990. The maximum Gasteiger partial charge on any atom is 0.336 e. The lowest BCUT2D eigenvalue weighted by Crippen LogP contribution is -2.34. The summed E-state index contributed by atoms with van der Waals surface area (Å²) in [6.07, 6.45) is 0. The highest BCUT2D eigenvalue weighted by molar-refractivity contribution is 6.39. The summed E-state index contributed by atoms with van der Waals surface area (Å²) in [6, 6.07) is 31.5. The predicted octanol–water partition coefficient (Wildman–Crippen LogP) is 8.57. The molecule has 0 aromatic heterocycles. The van der Waals surface area contributed by atoms with Crippen molar-refractivity contribution in [2.24, 2.45) is 0 Å². The number of aromatic hydroxyl groups is 1. The molecule has 0 unspecified atom stereocenters. The molecule has 0 radical (unpaired) electrons. The third-order valence-corrected chi connectivity index (χ3v) is 10.0. The fourth-order valence-electron chi connectivity index (χ4n) is 8.02. The number of carbonyl (C=O) groups is 3. The van der Waals surface area contributed by atoms with Crippen molar-refractivity contribution in [3.05, 3.63) is 136 Å². The maximum atomic E-state index is 13.4. The minimum Gasteiger partial charge on any atom is -0.508 e. The van der Waals surface area contributed by atoms with Crippen LogP contribution in [0.4, 0.5) is 0 Å². The van der Waals surface area contributed by atoms with Gasteiger partial charge in [0.05, 0.1) is 5.56 Å². The van der Waals surface area contributed by atoms with Crippen molar-refractivity contribution in [2.75, 3.05) is 0 Å². The molecule has 2 aliphatic heterocycles. The van der Waals surface area contributed by atoms with Gasteiger partial charge in [0.25, 0.3) is 11.8 Å². The molecule has 236 valence electrons. The number of rotatable bonds is 3. The molecule has 0 saturated carbocycles. The van der Waals surface area contributed by atoms with Crippen molar-refractivity contribution >= 4 is 71.8 Å². The minimum absolute atomic E-state index is 0.0300. The first-order valence-corrected chi connectivity index (χ1v) is 15.9. The Morgan fingerprint density at radius 1 is 0.540 bits per heavy atom. The van der Waals surface area contributed by atoms with Gasteiger partial charge in [-0.25, -0.2) is 4.79 Å². The fraction of sp³-hybridized carbons (Fsp3) is 0. The number of hydrogen-bond acceptors (Lipinski definition) is 6. The largest absolute Gasteiger partial charge is 0.508 e. The van der Waals surface area contributed by atoms with Crippen LogP contribution < -0.4 is 10.7 Å². The van der Waals surface area contributed by atoms with Crippen LogP contribution in [-0.2, 0) is 0 Å². The third kappa shape index (κ3) is 3.64. The number of benzene rings is 8. The van der Waals surface area contributed by atoms with Gasteiger partial charge >= 0.3 is 5.97 Å². The van der Waals surface area contributed by atoms with Crippen molar-refractivity contribution in [3.8, 4) is 39.3 Å². The van der Waals surface area contributed by atoms with Gasteiger partial charge in [0.15, 0.2) is 5.43 Å². The van der Waals surface area contributed by atoms with Gasteiger partial charge < -0.3 is 14.6 Å². The molecule has 3 N–H and O–H groups in total. The Balaban J connectivity index is 1.30. The second-order valence-corrected chi connectivity index (χ2v) is 12.6. The zero-order chi connectivity index (χ0) is 34.0. The number of fused-ring (bicyclic) bond motifs is 4. The van der Waals surface area contributed by atoms with Crippen LogP contribution in [0.2, 0.25) is 0 Å². The monoisotopic (exact) mass is 651 g/mol. The SMILES string of the molecule is O=C(O)c1c(-c2c3ccc(=O)cc-3oc3cc(O)ccc23)cccc1-c1ccc2c3ccc4c5c(ccc(c6cccc1c62)c53)C(=O)NC4=O. The molecule has 2 heterocycles. The number of hydrogen-bond donors (Lipinski definition) is 3. The second-order valence-electron chi connectivity index (χ2n) is 12.6. The summed E-state index contributed by atoms with van der Waals surface area (Å²) in [5.74, 6) is -1.75. The van der Waals surface area contributed by atoms with E-state index in [2.05, 4.69) is 5.32 Å². The van der Waals surface area contributed by atoms with Crippen molar-refractivity contribution in [1.82, 2.24) is 5.32 Å². The zero-order valence-corrected chi connectivity index (χ0v) is 25.8. The molecule has 0 atom stereocenters. The molecular weight excluding hydrogens is 630 g/mol. The Hall–Kier alpha value is -7.06. The number of nitrogens with one attached hydrogen (secondary N) is 1. The first-order chi connectivity index (χ1) is 24.3. The van der Waals surface area contributed by atoms with Gasteiger partial charge in [0.1, 0.15) is 17.1 Å². The van der Waals surface area contributed by atoms with E-state index in [4.69, 9.17) is 4.42 Å². The van der Waals surface area contributed by atoms with Crippen LogP contribution in [0.3, 0.4) is 0 Å². The van der Waals surface area contributed by atoms with E-state index in [9.17, 15) is 29.4 Å². The van der Waals surface area contributed by atoms with Gasteiger partial charge in [-0.2, -0.15) is 0 Å². The Kier molecular flexibility index (Phi) is 5.46. The lowest BCUT2D eigenvalue weighted by Gasteiger charge is -2.22. The van der Waals surface area contributed by atoms with E-state index in [1.54, 1.807) is 36.4 Å². The van der Waals surface area contributed by atoms with Crippen LogP contribution in [0.1, 0.15) is 31.1 Å². The molecular formula is C42H21NO7. The van der Waals surface area contributed by atoms with E-state index in [-0.39, 0.29) is 22.5 Å². The molecule has 0 bridgehead atoms. The lowest BCUT2D eigenvalue weighted by molar-refractivity contribution is 0.0697. The van der Waals surface area contributed by atoms with E-state index < -0.39 is 17.8 Å². The van der Waals surface area contributed by atoms with Crippen molar-refractivity contribution in [2.45, 2.75) is 0 Å². The van der Waals surface area contributed by atoms with Crippen LogP contribution in [0.5, 0.6) is 5.75 Å². The summed E-state index contributed by atoms with van der Waals surface area (Å²) in [7, 11) is 0. The highest BCUT2D eigenvalue weighted by Gasteiger charge is 2.29. The Morgan fingerprint density at radius 2 is 1.14 bits per heavy atom. The van der Waals surface area contributed by atoms with E-state index in [0.29, 0.717) is 55.3 Å². The normalized spacial score (nSPS) is 13.0. The van der Waals surface area contributed by atoms with Crippen LogP contribution in [0.15, 0.2) is 118 Å². The van der Waals surface area contributed by atoms with Gasteiger partial charge in [-0.1, -0.05) is 60.7 Å².